The molecule has 0 spiro atoms. The fraction of sp³-hybridized carbons (Fsp3) is 0. The second-order valence-corrected chi connectivity index (χ2v) is 32.3. The molecule has 8 amide bonds. The number of aromatic nitrogens is 14. The maximum Gasteiger partial charge on any atom is 0.347 e. The first-order valence-corrected chi connectivity index (χ1v) is 42.4. The van der Waals surface area contributed by atoms with Crippen molar-refractivity contribution in [3.63, 3.8) is 0 Å². The van der Waals surface area contributed by atoms with Crippen molar-refractivity contribution >= 4 is 196 Å². The standard InChI is InChI=1S/2C23H15Cl2N7O3.2C21H14Cl2N8O3/c1-11-21(26)31-32(23(34)28-11)14-8-16(24)20(17(25)9-14)35-19-10-15(22(33)30-29-19)12-4-5-18-13(7-12)3-2-6-27-18;1-11-21(26)31-32(23(34)28-11)14-8-16(24)20(17(25)9-14)35-22-15(10-19(33)29-30-22)12-4-5-18-13(7-12)3-2-6-27-18;1-10-19(24)29-31(21(33)26-10)12-5-15(22)18(16(23)6-12)34-17-7-14(20(32)28-27-17)11-2-3-30-9-25-8-13(30)4-11;1-10-19(24)29-31(21(33)26-10)12-5-15(22)18(16(23)6-12)34-20-14(7-17(32)27-28-20)11-2-3-30-9-25-8-13(30)4-11/h2-10H,1H2,(H2,26,31)(H,28,34)(H,30,33);2-10H,1H2,(H2,26,31)(H,28,34)(H,29,33);2-9H,1H2,(H2,24,29)(H,26,33)(H,28,32);2-9H,1H2,(H2,24,29)(H,26,33)(H,27,32). The maximum absolute atomic E-state index is 12.5. The molecular formula is C88H58Cl8N30O12. The summed E-state index contributed by atoms with van der Waals surface area (Å²) in [4.78, 5) is 115. The number of pyridine rings is 4. The Labute approximate surface area is 811 Å². The van der Waals surface area contributed by atoms with Crippen molar-refractivity contribution in [2.24, 2.45) is 43.3 Å². The van der Waals surface area contributed by atoms with Gasteiger partial charge in [-0.15, -0.1) is 40.8 Å². The van der Waals surface area contributed by atoms with E-state index in [1.807, 2.05) is 63.4 Å². The van der Waals surface area contributed by atoms with Crippen LogP contribution in [0.15, 0.2) is 296 Å². The third-order valence-corrected chi connectivity index (χ3v) is 22.2. The molecule has 0 unspecified atom stereocenters. The number of benzene rings is 6. The van der Waals surface area contributed by atoms with Gasteiger partial charge >= 0.3 is 24.1 Å². The number of amides is 8. The molecule has 42 nitrogen and oxygen atoms in total. The Morgan fingerprint density at radius 3 is 0.964 bits per heavy atom. The Kier molecular flexibility index (Phi) is 25.8. The number of carbonyl (C=O) groups excluding carboxylic acids is 4. The lowest BCUT2D eigenvalue weighted by atomic mass is 10.0. The Hall–Kier alpha value is -17.5. The third kappa shape index (κ3) is 19.6. The minimum absolute atomic E-state index is 0.0319. The second-order valence-electron chi connectivity index (χ2n) is 29.1. The number of rotatable bonds is 16. The number of urea groups is 4. The van der Waals surface area contributed by atoms with Crippen LogP contribution in [0.1, 0.15) is 0 Å². The molecule has 14 heterocycles. The van der Waals surface area contributed by atoms with E-state index in [1.54, 1.807) is 80.2 Å². The number of H-pyrrole nitrogens is 4. The first-order chi connectivity index (χ1) is 66.2. The molecule has 0 atom stereocenters. The van der Waals surface area contributed by atoms with Gasteiger partial charge in [0, 0.05) is 59.8 Å². The Balaban J connectivity index is 0.000000127. The van der Waals surface area contributed by atoms with Gasteiger partial charge in [0.2, 0.25) is 23.5 Å². The number of hydrogen-bond acceptors (Lipinski definition) is 28. The fourth-order valence-electron chi connectivity index (χ4n) is 13.3. The minimum Gasteiger partial charge on any atom is -0.434 e. The number of amidine groups is 4. The van der Waals surface area contributed by atoms with E-state index in [2.05, 4.69) is 129 Å². The predicted molar refractivity (Wildman–Crippen MR) is 523 cm³/mol. The van der Waals surface area contributed by atoms with Crippen LogP contribution in [-0.4, -0.2) is 117 Å². The molecule has 4 aliphatic heterocycles. The van der Waals surface area contributed by atoms with Crippen molar-refractivity contribution in [1.29, 1.82) is 0 Å². The summed E-state index contributed by atoms with van der Waals surface area (Å²) in [5.41, 5.74) is 30.4. The van der Waals surface area contributed by atoms with E-state index in [9.17, 15) is 38.4 Å². The number of hydrazone groups is 4. The summed E-state index contributed by atoms with van der Waals surface area (Å²) in [5, 5.41) is 57.6. The van der Waals surface area contributed by atoms with Gasteiger partial charge in [0.05, 0.1) is 155 Å². The molecule has 0 radical (unpaired) electrons. The van der Waals surface area contributed by atoms with E-state index in [-0.39, 0.29) is 156 Å². The first kappa shape index (κ1) is 92.3. The number of hydrogen-bond donors (Lipinski definition) is 12. The van der Waals surface area contributed by atoms with Crippen LogP contribution >= 0.6 is 92.8 Å². The number of nitrogens with one attached hydrogen (secondary N) is 8. The van der Waals surface area contributed by atoms with Crippen LogP contribution in [-0.2, 0) is 0 Å². The second kappa shape index (κ2) is 38.6. The zero-order valence-electron chi connectivity index (χ0n) is 69.7. The molecule has 138 heavy (non-hydrogen) atoms. The van der Waals surface area contributed by atoms with Gasteiger partial charge in [0.25, 0.3) is 22.2 Å². The van der Waals surface area contributed by atoms with Gasteiger partial charge in [0.1, 0.15) is 0 Å². The molecule has 0 saturated heterocycles. The van der Waals surface area contributed by atoms with Crippen LogP contribution in [0.3, 0.4) is 0 Å². The predicted octanol–water partition coefficient (Wildman–Crippen LogP) is 15.8. The molecule has 0 fully saturated rings. The van der Waals surface area contributed by atoms with Crippen LogP contribution in [0.5, 0.6) is 46.5 Å². The van der Waals surface area contributed by atoms with E-state index < -0.39 is 46.4 Å². The van der Waals surface area contributed by atoms with Gasteiger partial charge in [-0.3, -0.25) is 29.1 Å². The highest BCUT2D eigenvalue weighted by Crippen LogP contribution is 2.47. The number of imidazole rings is 2. The smallest absolute Gasteiger partial charge is 0.347 e. The summed E-state index contributed by atoms with van der Waals surface area (Å²) < 4.78 is 27.1. The topological polar surface area (TPSA) is 563 Å². The van der Waals surface area contributed by atoms with Gasteiger partial charge in [-0.2, -0.15) is 20.0 Å². The van der Waals surface area contributed by atoms with Crippen molar-refractivity contribution in [2.45, 2.75) is 0 Å². The zero-order chi connectivity index (χ0) is 97.3. The molecule has 0 aliphatic carbocycles. The van der Waals surface area contributed by atoms with E-state index in [0.717, 1.165) is 52.9 Å². The number of carbonyl (C=O) groups is 4. The third-order valence-electron chi connectivity index (χ3n) is 20.0. The summed E-state index contributed by atoms with van der Waals surface area (Å²) in [5.74, 6) is 0.647. The SMILES string of the molecule is C=C1NC(=O)N(c2cc(Cl)c(Oc3cc(-c4ccc5ncccc5c4)c(=O)[nH]n3)c(Cl)c2)N=C1N.C=C1NC(=O)N(c2cc(Cl)c(Oc3cc(-c4ccn5cncc5c4)c(=O)[nH]n3)c(Cl)c2)N=C1N.C=C1NC(=O)N(c2cc(Cl)c(Oc3n[nH]c(=O)cc3-c3ccc4ncccc4c3)c(Cl)c2)N=C1N.C=C1NC(=O)N(c2cc(Cl)c(Oc3n[nH]c(=O)cc3-c3ccn4cncc4c3)c(Cl)c2)N=C1N. The lowest BCUT2D eigenvalue weighted by molar-refractivity contribution is 0.247. The summed E-state index contributed by atoms with van der Waals surface area (Å²) in [7, 11) is 0. The van der Waals surface area contributed by atoms with Gasteiger partial charge in [-0.05, 0) is 131 Å². The van der Waals surface area contributed by atoms with Crippen molar-refractivity contribution in [2.75, 3.05) is 20.0 Å². The number of nitrogens with zero attached hydrogens (tertiary/aromatic N) is 18. The van der Waals surface area contributed by atoms with Gasteiger partial charge in [-0.25, -0.2) is 49.5 Å². The van der Waals surface area contributed by atoms with Crippen LogP contribution in [0.25, 0.3) is 77.3 Å². The Morgan fingerprint density at radius 1 is 0.326 bits per heavy atom. The van der Waals surface area contributed by atoms with Gasteiger partial charge < -0.3 is 72.0 Å². The highest BCUT2D eigenvalue weighted by Gasteiger charge is 2.32. The molecular weight excluding hydrogens is 1950 g/mol. The van der Waals surface area contributed by atoms with Crippen LogP contribution in [0, 0.1) is 0 Å². The summed E-state index contributed by atoms with van der Waals surface area (Å²) in [6.07, 6.45) is 13.6. The van der Waals surface area contributed by atoms with Crippen LogP contribution in [0.4, 0.5) is 41.9 Å². The molecule has 20 rings (SSSR count). The highest BCUT2D eigenvalue weighted by molar-refractivity contribution is 6.40. The lowest BCUT2D eigenvalue weighted by Crippen LogP contribution is -2.45. The van der Waals surface area contributed by atoms with E-state index in [0.29, 0.717) is 44.5 Å². The van der Waals surface area contributed by atoms with Crippen LogP contribution < -0.4 is 105 Å². The molecule has 6 aromatic carbocycles. The number of anilines is 4. The van der Waals surface area contributed by atoms with Crippen molar-refractivity contribution in [1.82, 2.24) is 90.8 Å². The summed E-state index contributed by atoms with van der Waals surface area (Å²) >= 11 is 51.3. The van der Waals surface area contributed by atoms with Crippen molar-refractivity contribution < 1.29 is 38.1 Å². The molecule has 4 aliphatic rings. The average Bonchev–Trinajstić information content (AvgIpc) is 1.08. The summed E-state index contributed by atoms with van der Waals surface area (Å²) in [6.45, 7) is 14.4. The maximum atomic E-state index is 12.5. The number of ether oxygens (including phenoxy) is 4. The number of halogens is 8. The monoisotopic (exact) mass is 2010 g/mol. The minimum atomic E-state index is -0.583. The highest BCUT2D eigenvalue weighted by atomic mass is 35.5. The number of aromatic amines is 4. The number of fused-ring (bicyclic) bond motifs is 4. The van der Waals surface area contributed by atoms with Crippen LogP contribution in [0.2, 0.25) is 40.2 Å². The van der Waals surface area contributed by atoms with E-state index >= 15 is 0 Å². The molecule has 16 N–H and O–H groups in total. The molecule has 10 aromatic heterocycles. The average molecular weight is 2010 g/mol. The zero-order valence-corrected chi connectivity index (χ0v) is 75.8. The molecule has 0 saturated carbocycles. The molecule has 688 valence electrons. The van der Waals surface area contributed by atoms with E-state index in [1.165, 1.54) is 72.8 Å². The molecule has 0 bridgehead atoms. The fourth-order valence-corrected chi connectivity index (χ4v) is 15.5. The van der Waals surface area contributed by atoms with Gasteiger partial charge in [0.15, 0.2) is 46.3 Å². The quantitative estimate of drug-likeness (QED) is 0.0427. The number of nitrogens with two attached hydrogens (primary N) is 4. The van der Waals surface area contributed by atoms with Crippen molar-refractivity contribution in [3.8, 4) is 91.0 Å². The lowest BCUT2D eigenvalue weighted by Gasteiger charge is -2.24. The molecule has 50 heteroatoms. The normalized spacial score (nSPS) is 13.6. The summed E-state index contributed by atoms with van der Waals surface area (Å²) in [6, 6.07) is 40.3. The largest absolute Gasteiger partial charge is 0.434 e. The Morgan fingerprint density at radius 2 is 0.630 bits per heavy atom. The Bertz CT molecular complexity index is 8190. The van der Waals surface area contributed by atoms with Gasteiger partial charge in [-0.1, -0.05) is 143 Å². The first-order valence-electron chi connectivity index (χ1n) is 39.4. The van der Waals surface area contributed by atoms with Crippen molar-refractivity contribution in [3.05, 3.63) is 338 Å². The van der Waals surface area contributed by atoms with E-state index in [4.69, 9.17) is 135 Å². The molecule has 16 aromatic rings.